The average molecular weight is 269 g/mol. The molecule has 17 heavy (non-hydrogen) atoms. The molecule has 88 valence electrons. The lowest BCUT2D eigenvalue weighted by atomic mass is 10.0. The van der Waals surface area contributed by atoms with Crippen molar-refractivity contribution >= 4 is 39.8 Å². The molecule has 3 rings (SSSR count). The van der Waals surface area contributed by atoms with E-state index in [4.69, 9.17) is 33.7 Å². The lowest BCUT2D eigenvalue weighted by Crippen LogP contribution is -2.14. The van der Waals surface area contributed by atoms with Gasteiger partial charge < -0.3 is 10.5 Å². The summed E-state index contributed by atoms with van der Waals surface area (Å²) in [6.07, 6.45) is 0.777. The molecule has 0 amide bonds. The second-order valence-electron chi connectivity index (χ2n) is 4.04. The predicted octanol–water partition coefficient (Wildman–Crippen LogP) is 3.20. The van der Waals surface area contributed by atoms with E-state index < -0.39 is 0 Å². The molecule has 0 fully saturated rings. The smallest absolute Gasteiger partial charge is 0.0756 e. The Kier molecular flexibility index (Phi) is 2.62. The molecule has 1 aliphatic rings. The van der Waals surface area contributed by atoms with Crippen LogP contribution in [-0.2, 0) is 17.8 Å². The number of pyridine rings is 1. The highest BCUT2D eigenvalue weighted by molar-refractivity contribution is 6.39. The van der Waals surface area contributed by atoms with E-state index in [9.17, 15) is 0 Å². The maximum Gasteiger partial charge on any atom is 0.0756 e. The van der Waals surface area contributed by atoms with Gasteiger partial charge in [-0.1, -0.05) is 23.2 Å². The molecule has 0 atom stereocenters. The normalized spacial score (nSPS) is 14.9. The summed E-state index contributed by atoms with van der Waals surface area (Å²) in [5.41, 5.74) is 9.49. The number of nitrogen functional groups attached to an aromatic ring is 1. The molecule has 0 aliphatic carbocycles. The van der Waals surface area contributed by atoms with Crippen molar-refractivity contribution in [2.24, 2.45) is 0 Å². The average Bonchev–Trinajstić information content (AvgIpc) is 2.28. The van der Waals surface area contributed by atoms with Gasteiger partial charge in [-0.15, -0.1) is 0 Å². The van der Waals surface area contributed by atoms with Crippen LogP contribution in [0.2, 0.25) is 10.0 Å². The summed E-state index contributed by atoms with van der Waals surface area (Å²) in [5, 5.41) is 1.87. The Bertz CT molecular complexity index is 613. The maximum atomic E-state index is 6.16. The van der Waals surface area contributed by atoms with Crippen LogP contribution in [0.1, 0.15) is 11.3 Å². The molecule has 0 radical (unpaired) electrons. The molecule has 1 aliphatic heterocycles. The first-order valence-electron chi connectivity index (χ1n) is 5.30. The SMILES string of the molecule is Nc1c2c(nc3cc(Cl)cc(Cl)c13)CCOC2. The number of halogens is 2. The third-order valence-corrected chi connectivity index (χ3v) is 3.48. The summed E-state index contributed by atoms with van der Waals surface area (Å²) in [7, 11) is 0. The van der Waals surface area contributed by atoms with E-state index in [0.717, 1.165) is 28.6 Å². The summed E-state index contributed by atoms with van der Waals surface area (Å²) in [5.74, 6) is 0. The molecule has 0 saturated carbocycles. The highest BCUT2D eigenvalue weighted by Crippen LogP contribution is 2.35. The first-order valence-corrected chi connectivity index (χ1v) is 6.06. The topological polar surface area (TPSA) is 48.1 Å². The Morgan fingerprint density at radius 2 is 2.12 bits per heavy atom. The van der Waals surface area contributed by atoms with E-state index in [-0.39, 0.29) is 0 Å². The molecule has 5 heteroatoms. The van der Waals surface area contributed by atoms with Crippen LogP contribution in [0, 0.1) is 0 Å². The van der Waals surface area contributed by atoms with Gasteiger partial charge in [0, 0.05) is 28.1 Å². The van der Waals surface area contributed by atoms with Gasteiger partial charge >= 0.3 is 0 Å². The minimum Gasteiger partial charge on any atom is -0.398 e. The lowest BCUT2D eigenvalue weighted by Gasteiger charge is -2.19. The van der Waals surface area contributed by atoms with Gasteiger partial charge in [0.2, 0.25) is 0 Å². The van der Waals surface area contributed by atoms with Crippen molar-refractivity contribution < 1.29 is 4.74 Å². The fraction of sp³-hybridized carbons (Fsp3) is 0.250. The summed E-state index contributed by atoms with van der Waals surface area (Å²) in [6.45, 7) is 1.18. The van der Waals surface area contributed by atoms with Crippen molar-refractivity contribution in [3.63, 3.8) is 0 Å². The number of hydrogen-bond acceptors (Lipinski definition) is 3. The summed E-state index contributed by atoms with van der Waals surface area (Å²) in [4.78, 5) is 4.57. The summed E-state index contributed by atoms with van der Waals surface area (Å²) >= 11 is 12.1. The van der Waals surface area contributed by atoms with E-state index in [1.54, 1.807) is 12.1 Å². The zero-order chi connectivity index (χ0) is 12.0. The molecule has 1 aromatic heterocycles. The number of anilines is 1. The van der Waals surface area contributed by atoms with Crippen molar-refractivity contribution in [3.05, 3.63) is 33.4 Å². The zero-order valence-corrected chi connectivity index (χ0v) is 10.5. The number of benzene rings is 1. The highest BCUT2D eigenvalue weighted by atomic mass is 35.5. The van der Waals surface area contributed by atoms with E-state index in [2.05, 4.69) is 4.98 Å². The van der Waals surface area contributed by atoms with Gasteiger partial charge in [0.1, 0.15) is 0 Å². The van der Waals surface area contributed by atoms with Crippen molar-refractivity contribution in [3.8, 4) is 0 Å². The maximum absolute atomic E-state index is 6.16. The Hall–Kier alpha value is -1.03. The van der Waals surface area contributed by atoms with Gasteiger partial charge in [0.15, 0.2) is 0 Å². The van der Waals surface area contributed by atoms with Gasteiger partial charge in [0.25, 0.3) is 0 Å². The second-order valence-corrected chi connectivity index (χ2v) is 4.88. The molecule has 0 unspecified atom stereocenters. The van der Waals surface area contributed by atoms with Crippen LogP contribution < -0.4 is 5.73 Å². The molecule has 0 spiro atoms. The molecule has 3 nitrogen and oxygen atoms in total. The van der Waals surface area contributed by atoms with Crippen LogP contribution in [0.4, 0.5) is 5.69 Å². The third-order valence-electron chi connectivity index (χ3n) is 2.96. The van der Waals surface area contributed by atoms with Crippen molar-refractivity contribution in [1.82, 2.24) is 4.98 Å². The zero-order valence-electron chi connectivity index (χ0n) is 8.96. The van der Waals surface area contributed by atoms with E-state index in [1.165, 1.54) is 0 Å². The number of ether oxygens (including phenoxy) is 1. The van der Waals surface area contributed by atoms with Gasteiger partial charge in [-0.05, 0) is 12.1 Å². The van der Waals surface area contributed by atoms with Crippen LogP contribution in [0.25, 0.3) is 10.9 Å². The standard InChI is InChI=1S/C12H10Cl2N2O/c13-6-3-8(14)11-10(4-6)16-9-1-2-17-5-7(9)12(11)15/h3-4H,1-2,5H2,(H2,15,16). The monoisotopic (exact) mass is 268 g/mol. The molecule has 0 bridgehead atoms. The highest BCUT2D eigenvalue weighted by Gasteiger charge is 2.18. The Labute approximate surface area is 108 Å². The van der Waals surface area contributed by atoms with Gasteiger partial charge in [-0.25, -0.2) is 0 Å². The van der Waals surface area contributed by atoms with E-state index >= 15 is 0 Å². The predicted molar refractivity (Wildman–Crippen MR) is 69.5 cm³/mol. The van der Waals surface area contributed by atoms with Crippen molar-refractivity contribution in [1.29, 1.82) is 0 Å². The minimum absolute atomic E-state index is 0.503. The number of fused-ring (bicyclic) bond motifs is 2. The fourth-order valence-electron chi connectivity index (χ4n) is 2.14. The number of nitrogens with zero attached hydrogens (tertiary/aromatic N) is 1. The van der Waals surface area contributed by atoms with Crippen LogP contribution in [0.15, 0.2) is 12.1 Å². The number of aromatic nitrogens is 1. The van der Waals surface area contributed by atoms with E-state index in [1.807, 2.05) is 0 Å². The van der Waals surface area contributed by atoms with Crippen LogP contribution >= 0.6 is 23.2 Å². The molecule has 2 N–H and O–H groups in total. The molecule has 2 heterocycles. The fourth-order valence-corrected chi connectivity index (χ4v) is 2.73. The van der Waals surface area contributed by atoms with Crippen molar-refractivity contribution in [2.45, 2.75) is 13.0 Å². The quantitative estimate of drug-likeness (QED) is 0.798. The van der Waals surface area contributed by atoms with Gasteiger partial charge in [0.05, 0.1) is 29.4 Å². The molecule has 1 aromatic carbocycles. The Morgan fingerprint density at radius 3 is 2.94 bits per heavy atom. The molecule has 2 aromatic rings. The number of rotatable bonds is 0. The first-order chi connectivity index (χ1) is 8.16. The molecule has 0 saturated heterocycles. The minimum atomic E-state index is 0.503. The van der Waals surface area contributed by atoms with Crippen LogP contribution in [0.3, 0.4) is 0 Å². The third kappa shape index (κ3) is 1.75. The number of nitrogens with two attached hydrogens (primary N) is 1. The lowest BCUT2D eigenvalue weighted by molar-refractivity contribution is 0.110. The van der Waals surface area contributed by atoms with Crippen molar-refractivity contribution in [2.75, 3.05) is 12.3 Å². The Balaban J connectivity index is 2.40. The van der Waals surface area contributed by atoms with Crippen LogP contribution in [0.5, 0.6) is 0 Å². The largest absolute Gasteiger partial charge is 0.398 e. The van der Waals surface area contributed by atoms with Crippen LogP contribution in [-0.4, -0.2) is 11.6 Å². The van der Waals surface area contributed by atoms with Gasteiger partial charge in [-0.3, -0.25) is 4.98 Å². The summed E-state index contributed by atoms with van der Waals surface area (Å²) < 4.78 is 5.40. The summed E-state index contributed by atoms with van der Waals surface area (Å²) in [6, 6.07) is 3.47. The van der Waals surface area contributed by atoms with E-state index in [0.29, 0.717) is 28.9 Å². The van der Waals surface area contributed by atoms with Gasteiger partial charge in [-0.2, -0.15) is 0 Å². The molecular weight excluding hydrogens is 259 g/mol. The first kappa shape index (κ1) is 11.1. The number of hydrogen-bond donors (Lipinski definition) is 1. The molecular formula is C12H10Cl2N2O. The Morgan fingerprint density at radius 1 is 1.29 bits per heavy atom. The second kappa shape index (κ2) is 4.02.